The van der Waals surface area contributed by atoms with Crippen molar-refractivity contribution in [1.29, 1.82) is 0 Å². The number of nitrogens with two attached hydrogens (primary N) is 1. The van der Waals surface area contributed by atoms with Gasteiger partial charge >= 0.3 is 0 Å². The van der Waals surface area contributed by atoms with E-state index in [-0.39, 0.29) is 6.54 Å². The maximum absolute atomic E-state index is 12.5. The third-order valence-electron chi connectivity index (χ3n) is 2.15. The molecule has 72 valence electrons. The monoisotopic (exact) mass is 185 g/mol. The lowest BCUT2D eigenvalue weighted by atomic mass is 9.95. The molecule has 0 heterocycles. The van der Waals surface area contributed by atoms with E-state index in [2.05, 4.69) is 0 Å². The molecule has 0 spiro atoms. The van der Waals surface area contributed by atoms with Gasteiger partial charge in [-0.1, -0.05) is 24.3 Å². The van der Waals surface area contributed by atoms with Gasteiger partial charge in [0.2, 0.25) is 6.43 Å². The summed E-state index contributed by atoms with van der Waals surface area (Å²) in [5.41, 5.74) is 6.82. The van der Waals surface area contributed by atoms with Crippen molar-refractivity contribution in [2.24, 2.45) is 5.73 Å². The largest absolute Gasteiger partial charge is 0.330 e. The molecule has 0 aliphatic heterocycles. The molecule has 3 heteroatoms. The third-order valence-corrected chi connectivity index (χ3v) is 2.15. The SMILES string of the molecule is Cc1ccccc1C(CN)C(F)F. The number of benzene rings is 1. The normalized spacial score (nSPS) is 13.3. The molecule has 1 rings (SSSR count). The fourth-order valence-corrected chi connectivity index (χ4v) is 1.37. The second kappa shape index (κ2) is 4.33. The Morgan fingerprint density at radius 3 is 2.38 bits per heavy atom. The van der Waals surface area contributed by atoms with E-state index in [4.69, 9.17) is 5.73 Å². The van der Waals surface area contributed by atoms with E-state index < -0.39 is 12.3 Å². The van der Waals surface area contributed by atoms with E-state index in [1.165, 1.54) is 0 Å². The summed E-state index contributed by atoms with van der Waals surface area (Å²) in [6.45, 7) is 1.81. The second-order valence-corrected chi connectivity index (χ2v) is 3.03. The molecule has 0 amide bonds. The van der Waals surface area contributed by atoms with Gasteiger partial charge in [-0.25, -0.2) is 8.78 Å². The summed E-state index contributed by atoms with van der Waals surface area (Å²) in [7, 11) is 0. The molecule has 1 atom stereocenters. The quantitative estimate of drug-likeness (QED) is 0.768. The Labute approximate surface area is 76.6 Å². The van der Waals surface area contributed by atoms with Crippen LogP contribution in [0.3, 0.4) is 0 Å². The lowest BCUT2D eigenvalue weighted by Gasteiger charge is -2.16. The van der Waals surface area contributed by atoms with Crippen LogP contribution in [-0.2, 0) is 0 Å². The van der Waals surface area contributed by atoms with Gasteiger partial charge in [0.05, 0.1) is 5.92 Å². The van der Waals surface area contributed by atoms with Crippen molar-refractivity contribution >= 4 is 0 Å². The Morgan fingerprint density at radius 2 is 1.92 bits per heavy atom. The fraction of sp³-hybridized carbons (Fsp3) is 0.400. The van der Waals surface area contributed by atoms with E-state index >= 15 is 0 Å². The Balaban J connectivity index is 2.97. The van der Waals surface area contributed by atoms with Crippen LogP contribution in [0.2, 0.25) is 0 Å². The van der Waals surface area contributed by atoms with Crippen LogP contribution in [0.25, 0.3) is 0 Å². The Kier molecular flexibility index (Phi) is 3.37. The van der Waals surface area contributed by atoms with Crippen molar-refractivity contribution in [3.8, 4) is 0 Å². The first kappa shape index (κ1) is 10.1. The summed E-state index contributed by atoms with van der Waals surface area (Å²) in [6.07, 6.45) is -2.38. The van der Waals surface area contributed by atoms with Gasteiger partial charge in [-0.3, -0.25) is 0 Å². The van der Waals surface area contributed by atoms with Crippen molar-refractivity contribution in [2.75, 3.05) is 6.54 Å². The van der Waals surface area contributed by atoms with Crippen molar-refractivity contribution in [3.63, 3.8) is 0 Å². The van der Waals surface area contributed by atoms with E-state index in [9.17, 15) is 8.78 Å². The minimum absolute atomic E-state index is 0.0114. The molecule has 0 bridgehead atoms. The minimum atomic E-state index is -2.38. The fourth-order valence-electron chi connectivity index (χ4n) is 1.37. The maximum Gasteiger partial charge on any atom is 0.246 e. The van der Waals surface area contributed by atoms with Crippen molar-refractivity contribution in [1.82, 2.24) is 0 Å². The predicted molar refractivity (Wildman–Crippen MR) is 49.0 cm³/mol. The highest BCUT2D eigenvalue weighted by Crippen LogP contribution is 2.24. The Bertz CT molecular complexity index is 273. The van der Waals surface area contributed by atoms with Crippen molar-refractivity contribution in [3.05, 3.63) is 35.4 Å². The lowest BCUT2D eigenvalue weighted by Crippen LogP contribution is -2.20. The minimum Gasteiger partial charge on any atom is -0.330 e. The van der Waals surface area contributed by atoms with Crippen LogP contribution in [0.4, 0.5) is 8.78 Å². The third kappa shape index (κ3) is 2.25. The Morgan fingerprint density at radius 1 is 1.31 bits per heavy atom. The van der Waals surface area contributed by atoms with Gasteiger partial charge in [0.1, 0.15) is 0 Å². The van der Waals surface area contributed by atoms with Gasteiger partial charge < -0.3 is 5.73 Å². The molecule has 13 heavy (non-hydrogen) atoms. The highest BCUT2D eigenvalue weighted by molar-refractivity contribution is 5.29. The second-order valence-electron chi connectivity index (χ2n) is 3.03. The summed E-state index contributed by atoms with van der Waals surface area (Å²) in [4.78, 5) is 0. The van der Waals surface area contributed by atoms with Crippen LogP contribution >= 0.6 is 0 Å². The van der Waals surface area contributed by atoms with Crippen molar-refractivity contribution in [2.45, 2.75) is 19.3 Å². The van der Waals surface area contributed by atoms with Gasteiger partial charge in [0.25, 0.3) is 0 Å². The van der Waals surface area contributed by atoms with Crippen LogP contribution in [-0.4, -0.2) is 13.0 Å². The van der Waals surface area contributed by atoms with Gasteiger partial charge in [-0.15, -0.1) is 0 Å². The molecule has 0 saturated heterocycles. The standard InChI is InChI=1S/C10H13F2N/c1-7-4-2-3-5-8(7)9(6-13)10(11)12/h2-5,9-10H,6,13H2,1H3. The van der Waals surface area contributed by atoms with Gasteiger partial charge in [-0.05, 0) is 18.1 Å². The first-order chi connectivity index (χ1) is 6.16. The maximum atomic E-state index is 12.5. The molecule has 0 radical (unpaired) electrons. The zero-order chi connectivity index (χ0) is 9.84. The molecule has 0 aromatic heterocycles. The smallest absolute Gasteiger partial charge is 0.246 e. The first-order valence-electron chi connectivity index (χ1n) is 4.20. The number of rotatable bonds is 3. The summed E-state index contributed by atoms with van der Waals surface area (Å²) < 4.78 is 25.0. The summed E-state index contributed by atoms with van der Waals surface area (Å²) in [5.74, 6) is -0.832. The highest BCUT2D eigenvalue weighted by Gasteiger charge is 2.21. The van der Waals surface area contributed by atoms with E-state index in [0.717, 1.165) is 5.56 Å². The Hall–Kier alpha value is -0.960. The first-order valence-corrected chi connectivity index (χ1v) is 4.20. The zero-order valence-electron chi connectivity index (χ0n) is 7.50. The van der Waals surface area contributed by atoms with Gasteiger partial charge in [-0.2, -0.15) is 0 Å². The number of halogens is 2. The molecule has 1 aromatic carbocycles. The van der Waals surface area contributed by atoms with Crippen LogP contribution in [0.15, 0.2) is 24.3 Å². The number of alkyl halides is 2. The number of hydrogen-bond acceptors (Lipinski definition) is 1. The highest BCUT2D eigenvalue weighted by atomic mass is 19.3. The molecule has 2 N–H and O–H groups in total. The van der Waals surface area contributed by atoms with Gasteiger partial charge in [0.15, 0.2) is 0 Å². The number of hydrogen-bond donors (Lipinski definition) is 1. The molecule has 1 unspecified atom stereocenters. The van der Waals surface area contributed by atoms with Crippen LogP contribution in [0.5, 0.6) is 0 Å². The van der Waals surface area contributed by atoms with Crippen LogP contribution < -0.4 is 5.73 Å². The number of aryl methyl sites for hydroxylation is 1. The van der Waals surface area contributed by atoms with Crippen LogP contribution in [0.1, 0.15) is 17.0 Å². The zero-order valence-corrected chi connectivity index (χ0v) is 7.50. The average molecular weight is 185 g/mol. The molecular formula is C10H13F2N. The predicted octanol–water partition coefficient (Wildman–Crippen LogP) is 2.30. The molecular weight excluding hydrogens is 172 g/mol. The van der Waals surface area contributed by atoms with Gasteiger partial charge in [0, 0.05) is 6.54 Å². The molecule has 0 aliphatic carbocycles. The molecule has 1 aromatic rings. The molecule has 1 nitrogen and oxygen atoms in total. The molecule has 0 saturated carbocycles. The van der Waals surface area contributed by atoms with E-state index in [1.807, 2.05) is 19.1 Å². The van der Waals surface area contributed by atoms with Crippen molar-refractivity contribution < 1.29 is 8.78 Å². The molecule has 0 fully saturated rings. The summed E-state index contributed by atoms with van der Waals surface area (Å²) in [5, 5.41) is 0. The lowest BCUT2D eigenvalue weighted by molar-refractivity contribution is 0.117. The summed E-state index contributed by atoms with van der Waals surface area (Å²) >= 11 is 0. The molecule has 0 aliphatic rings. The van der Waals surface area contributed by atoms with E-state index in [1.54, 1.807) is 12.1 Å². The average Bonchev–Trinajstić information content (AvgIpc) is 2.09. The van der Waals surface area contributed by atoms with Crippen LogP contribution in [0, 0.1) is 6.92 Å². The summed E-state index contributed by atoms with van der Waals surface area (Å²) in [6, 6.07) is 7.12. The topological polar surface area (TPSA) is 26.0 Å². The van der Waals surface area contributed by atoms with E-state index in [0.29, 0.717) is 5.56 Å².